The molecule has 0 fully saturated rings. The number of aryl methyl sites for hydroxylation is 1. The number of rotatable bonds is 2. The van der Waals surface area contributed by atoms with Crippen molar-refractivity contribution in [1.29, 1.82) is 0 Å². The van der Waals surface area contributed by atoms with Gasteiger partial charge in [0.1, 0.15) is 5.76 Å². The summed E-state index contributed by atoms with van der Waals surface area (Å²) in [7, 11) is 0. The molecule has 1 amide bonds. The molecule has 2 aromatic rings. The quantitative estimate of drug-likeness (QED) is 0.860. The Kier molecular flexibility index (Phi) is 3.06. The highest BCUT2D eigenvalue weighted by molar-refractivity contribution is 14.1. The number of hydrogen-bond acceptors (Lipinski definition) is 4. The Morgan fingerprint density at radius 3 is 2.93 bits per heavy atom. The minimum Gasteiger partial charge on any atom is -0.360 e. The van der Waals surface area contributed by atoms with Crippen molar-refractivity contribution in [3.63, 3.8) is 0 Å². The van der Waals surface area contributed by atoms with Crippen LogP contribution in [0.15, 0.2) is 22.0 Å². The van der Waals surface area contributed by atoms with Crippen LogP contribution in [0.4, 0.5) is 5.82 Å². The van der Waals surface area contributed by atoms with Crippen molar-refractivity contribution in [3.05, 3.63) is 31.7 Å². The van der Waals surface area contributed by atoms with Crippen LogP contribution in [-0.2, 0) is 0 Å². The molecule has 4 nitrogen and oxygen atoms in total. The van der Waals surface area contributed by atoms with Gasteiger partial charge in [0.2, 0.25) is 0 Å². The Balaban J connectivity index is 2.10. The highest BCUT2D eigenvalue weighted by atomic mass is 127. The number of aromatic nitrogens is 1. The molecule has 0 aliphatic carbocycles. The van der Waals surface area contributed by atoms with E-state index in [1.165, 1.54) is 11.3 Å². The zero-order valence-corrected chi connectivity index (χ0v) is 10.8. The van der Waals surface area contributed by atoms with Gasteiger partial charge >= 0.3 is 0 Å². The van der Waals surface area contributed by atoms with Gasteiger partial charge in [-0.2, -0.15) is 0 Å². The van der Waals surface area contributed by atoms with E-state index in [1.54, 1.807) is 13.0 Å². The first-order chi connectivity index (χ1) is 7.15. The van der Waals surface area contributed by atoms with Crippen LogP contribution in [0.1, 0.15) is 16.1 Å². The van der Waals surface area contributed by atoms with Crippen LogP contribution in [0.3, 0.4) is 0 Å². The summed E-state index contributed by atoms with van der Waals surface area (Å²) >= 11 is 3.70. The first-order valence-electron chi connectivity index (χ1n) is 4.14. The van der Waals surface area contributed by atoms with Gasteiger partial charge in [0.25, 0.3) is 5.91 Å². The van der Waals surface area contributed by atoms with Crippen LogP contribution in [0.2, 0.25) is 0 Å². The minimum absolute atomic E-state index is 0.164. The van der Waals surface area contributed by atoms with Crippen LogP contribution in [0, 0.1) is 9.81 Å². The fourth-order valence-electron chi connectivity index (χ4n) is 1.04. The number of amides is 1. The van der Waals surface area contributed by atoms with Crippen LogP contribution < -0.4 is 5.32 Å². The van der Waals surface area contributed by atoms with Gasteiger partial charge in [0, 0.05) is 11.4 Å². The Morgan fingerprint density at radius 1 is 1.60 bits per heavy atom. The number of anilines is 1. The SMILES string of the molecule is Cc1cc(NC(=O)c2csc(I)c2)no1. The monoisotopic (exact) mass is 334 g/mol. The van der Waals surface area contributed by atoms with Crippen molar-refractivity contribution in [2.24, 2.45) is 0 Å². The number of carbonyl (C=O) groups excluding carboxylic acids is 1. The lowest BCUT2D eigenvalue weighted by Crippen LogP contribution is -2.10. The summed E-state index contributed by atoms with van der Waals surface area (Å²) in [6, 6.07) is 3.50. The van der Waals surface area contributed by atoms with Gasteiger partial charge in [-0.3, -0.25) is 4.79 Å². The zero-order chi connectivity index (χ0) is 10.8. The van der Waals surface area contributed by atoms with E-state index < -0.39 is 0 Å². The third-order valence-electron chi connectivity index (χ3n) is 1.70. The van der Waals surface area contributed by atoms with Crippen LogP contribution in [0.5, 0.6) is 0 Å². The number of halogens is 1. The predicted octanol–water partition coefficient (Wildman–Crippen LogP) is 2.90. The minimum atomic E-state index is -0.164. The zero-order valence-electron chi connectivity index (χ0n) is 7.78. The van der Waals surface area contributed by atoms with E-state index in [1.807, 2.05) is 11.4 Å². The second-order valence-electron chi connectivity index (χ2n) is 2.92. The molecule has 0 saturated carbocycles. The summed E-state index contributed by atoms with van der Waals surface area (Å²) in [6.45, 7) is 1.77. The van der Waals surface area contributed by atoms with Gasteiger partial charge < -0.3 is 9.84 Å². The van der Waals surface area contributed by atoms with Crippen LogP contribution in [0.25, 0.3) is 0 Å². The number of carbonyl (C=O) groups is 1. The maximum atomic E-state index is 11.6. The predicted molar refractivity (Wildman–Crippen MR) is 66.2 cm³/mol. The lowest BCUT2D eigenvalue weighted by Gasteiger charge is -1.96. The van der Waals surface area contributed by atoms with Crippen molar-refractivity contribution < 1.29 is 9.32 Å². The topological polar surface area (TPSA) is 55.1 Å². The largest absolute Gasteiger partial charge is 0.360 e. The van der Waals surface area contributed by atoms with Gasteiger partial charge in [-0.25, -0.2) is 0 Å². The molecule has 6 heteroatoms. The molecule has 2 heterocycles. The molecule has 0 bridgehead atoms. The molecule has 1 N–H and O–H groups in total. The maximum absolute atomic E-state index is 11.6. The normalized spacial score (nSPS) is 10.3. The average molecular weight is 334 g/mol. The van der Waals surface area contributed by atoms with Crippen molar-refractivity contribution >= 4 is 45.7 Å². The molecule has 2 aromatic heterocycles. The van der Waals surface area contributed by atoms with E-state index in [2.05, 4.69) is 33.1 Å². The molecule has 0 atom stereocenters. The van der Waals surface area contributed by atoms with Crippen LogP contribution in [-0.4, -0.2) is 11.1 Å². The molecule has 0 aromatic carbocycles. The van der Waals surface area contributed by atoms with E-state index in [4.69, 9.17) is 4.52 Å². The number of nitrogens with one attached hydrogen (secondary N) is 1. The fourth-order valence-corrected chi connectivity index (χ4v) is 2.37. The van der Waals surface area contributed by atoms with E-state index in [0.717, 1.165) is 2.88 Å². The van der Waals surface area contributed by atoms with Crippen molar-refractivity contribution in [2.45, 2.75) is 6.92 Å². The summed E-state index contributed by atoms with van der Waals surface area (Å²) in [5.41, 5.74) is 0.644. The first-order valence-corrected chi connectivity index (χ1v) is 6.10. The van der Waals surface area contributed by atoms with E-state index in [-0.39, 0.29) is 5.91 Å². The highest BCUT2D eigenvalue weighted by Crippen LogP contribution is 2.17. The smallest absolute Gasteiger partial charge is 0.257 e. The number of hydrogen-bond donors (Lipinski definition) is 1. The van der Waals surface area contributed by atoms with E-state index in [9.17, 15) is 4.79 Å². The van der Waals surface area contributed by atoms with Crippen molar-refractivity contribution in [1.82, 2.24) is 5.16 Å². The molecule has 78 valence electrons. The summed E-state index contributed by atoms with van der Waals surface area (Å²) < 4.78 is 5.92. The Morgan fingerprint density at radius 2 is 2.40 bits per heavy atom. The van der Waals surface area contributed by atoms with Gasteiger partial charge in [-0.05, 0) is 35.6 Å². The summed E-state index contributed by atoms with van der Waals surface area (Å²) in [5, 5.41) is 8.14. The van der Waals surface area contributed by atoms with E-state index >= 15 is 0 Å². The lowest BCUT2D eigenvalue weighted by atomic mass is 10.3. The average Bonchev–Trinajstić information content (AvgIpc) is 2.75. The Hall–Kier alpha value is -0.890. The third kappa shape index (κ3) is 2.57. The number of nitrogens with zero attached hydrogens (tertiary/aromatic N) is 1. The molecule has 0 unspecified atom stereocenters. The van der Waals surface area contributed by atoms with Gasteiger partial charge in [0.05, 0.1) is 8.45 Å². The molecule has 0 aliphatic rings. The Labute approximate surface area is 104 Å². The second kappa shape index (κ2) is 4.31. The van der Waals surface area contributed by atoms with Gasteiger partial charge in [0.15, 0.2) is 5.82 Å². The molecule has 0 saturated heterocycles. The second-order valence-corrected chi connectivity index (χ2v) is 5.72. The van der Waals surface area contributed by atoms with E-state index in [0.29, 0.717) is 17.1 Å². The lowest BCUT2D eigenvalue weighted by molar-refractivity contribution is 0.102. The summed E-state index contributed by atoms with van der Waals surface area (Å²) in [5.74, 6) is 0.950. The molecule has 0 aliphatic heterocycles. The summed E-state index contributed by atoms with van der Waals surface area (Å²) in [6.07, 6.45) is 0. The molecule has 0 radical (unpaired) electrons. The maximum Gasteiger partial charge on any atom is 0.257 e. The Bertz CT molecular complexity index is 492. The van der Waals surface area contributed by atoms with Gasteiger partial charge in [-0.1, -0.05) is 5.16 Å². The standard InChI is InChI=1S/C9H7IN2O2S/c1-5-2-8(12-14-5)11-9(13)6-3-7(10)15-4-6/h2-4H,1H3,(H,11,12,13). The van der Waals surface area contributed by atoms with Crippen molar-refractivity contribution in [2.75, 3.05) is 5.32 Å². The van der Waals surface area contributed by atoms with Gasteiger partial charge in [-0.15, -0.1) is 11.3 Å². The van der Waals surface area contributed by atoms with Crippen molar-refractivity contribution in [3.8, 4) is 0 Å². The van der Waals surface area contributed by atoms with Crippen LogP contribution >= 0.6 is 33.9 Å². The fraction of sp³-hybridized carbons (Fsp3) is 0.111. The first kappa shape index (κ1) is 10.6. The molecule has 15 heavy (non-hydrogen) atoms. The highest BCUT2D eigenvalue weighted by Gasteiger charge is 2.10. The molecular weight excluding hydrogens is 327 g/mol. The summed E-state index contributed by atoms with van der Waals surface area (Å²) in [4.78, 5) is 11.6. The molecule has 0 spiro atoms. The molecule has 2 rings (SSSR count). The number of thiophene rings is 1. The third-order valence-corrected chi connectivity index (χ3v) is 3.49. The molecular formula is C9H7IN2O2S.